The molecule has 5 rings (SSSR count). The molecule has 0 saturated carbocycles. The highest BCUT2D eigenvalue weighted by Gasteiger charge is 2.54. The van der Waals surface area contributed by atoms with Gasteiger partial charge in [0.15, 0.2) is 11.2 Å². The molecule has 1 fully saturated rings. The van der Waals surface area contributed by atoms with Gasteiger partial charge in [-0.15, -0.1) is 0 Å². The maximum atomic E-state index is 11.7. The predicted octanol–water partition coefficient (Wildman–Crippen LogP) is 3.34. The first kappa shape index (κ1) is 17.1. The van der Waals surface area contributed by atoms with E-state index in [9.17, 15) is 9.59 Å². The Kier molecular flexibility index (Phi) is 3.64. The number of hydrogen-bond donors (Lipinski definition) is 0. The van der Waals surface area contributed by atoms with E-state index in [-0.39, 0.29) is 24.8 Å². The fraction of sp³-hybridized carbons (Fsp3) is 0.333. The maximum absolute atomic E-state index is 11.7. The first-order valence-electron chi connectivity index (χ1n) is 9.07. The van der Waals surface area contributed by atoms with Crippen molar-refractivity contribution < 1.29 is 27.8 Å². The zero-order valence-corrected chi connectivity index (χ0v) is 15.4. The van der Waals surface area contributed by atoms with E-state index >= 15 is 0 Å². The molecule has 0 N–H and O–H groups in total. The smallest absolute Gasteiger partial charge is 0.336 e. The quantitative estimate of drug-likeness (QED) is 0.380. The molecule has 0 radical (unpaired) electrons. The minimum absolute atomic E-state index is 0.170. The van der Waals surface area contributed by atoms with Gasteiger partial charge in [-0.25, -0.2) is 9.59 Å². The summed E-state index contributed by atoms with van der Waals surface area (Å²) in [7, 11) is 0. The summed E-state index contributed by atoms with van der Waals surface area (Å²) >= 11 is 0. The second-order valence-electron chi connectivity index (χ2n) is 7.45. The van der Waals surface area contributed by atoms with Gasteiger partial charge < -0.3 is 23.0 Å². The molecule has 0 spiro atoms. The van der Waals surface area contributed by atoms with Crippen LogP contribution in [-0.4, -0.2) is 30.4 Å². The van der Waals surface area contributed by atoms with Gasteiger partial charge >= 0.3 is 11.6 Å². The topological polar surface area (TPSA) is 91.4 Å². The largest absolute Gasteiger partial charge is 0.483 e. The molecule has 28 heavy (non-hydrogen) atoms. The SMILES string of the molecule is CC1=C[C@@H](C[C@]2(C)O[C@@H]2COc2c3occc3cc3ccc(=O)oc23)OC1=O. The van der Waals surface area contributed by atoms with E-state index < -0.39 is 11.2 Å². The molecule has 144 valence electrons. The first-order chi connectivity index (χ1) is 13.4. The van der Waals surface area contributed by atoms with Crippen LogP contribution in [-0.2, 0) is 14.3 Å². The lowest BCUT2D eigenvalue weighted by atomic mass is 9.99. The van der Waals surface area contributed by atoms with Crippen LogP contribution in [0.15, 0.2) is 55.8 Å². The Balaban J connectivity index is 1.36. The van der Waals surface area contributed by atoms with Crippen LogP contribution in [0, 0.1) is 0 Å². The molecule has 4 heterocycles. The maximum Gasteiger partial charge on any atom is 0.336 e. The summed E-state index contributed by atoms with van der Waals surface area (Å²) in [6.07, 6.45) is 3.49. The van der Waals surface area contributed by atoms with E-state index in [4.69, 9.17) is 23.0 Å². The molecule has 3 aromatic rings. The van der Waals surface area contributed by atoms with Gasteiger partial charge in [-0.3, -0.25) is 0 Å². The normalized spacial score (nSPS) is 26.5. The van der Waals surface area contributed by atoms with Gasteiger partial charge in [-0.05, 0) is 38.1 Å². The van der Waals surface area contributed by atoms with Crippen molar-refractivity contribution in [2.24, 2.45) is 0 Å². The number of rotatable bonds is 5. The lowest BCUT2D eigenvalue weighted by Crippen LogP contribution is -2.22. The summed E-state index contributed by atoms with van der Waals surface area (Å²) in [5.74, 6) is 0.101. The molecule has 2 aromatic heterocycles. The molecule has 0 unspecified atom stereocenters. The van der Waals surface area contributed by atoms with Gasteiger partial charge in [0.25, 0.3) is 0 Å². The fourth-order valence-electron chi connectivity index (χ4n) is 3.69. The van der Waals surface area contributed by atoms with Gasteiger partial charge in [0.05, 0.1) is 11.9 Å². The molecule has 7 heteroatoms. The average Bonchev–Trinajstić information content (AvgIpc) is 2.94. The van der Waals surface area contributed by atoms with Crippen molar-refractivity contribution in [3.63, 3.8) is 0 Å². The average molecular weight is 382 g/mol. The van der Waals surface area contributed by atoms with E-state index in [1.807, 2.05) is 25.1 Å². The molecule has 7 nitrogen and oxygen atoms in total. The minimum atomic E-state index is -0.457. The van der Waals surface area contributed by atoms with Crippen LogP contribution < -0.4 is 10.4 Å². The Morgan fingerprint density at radius 1 is 1.14 bits per heavy atom. The second kappa shape index (κ2) is 5.97. The van der Waals surface area contributed by atoms with Crippen LogP contribution in [0.4, 0.5) is 0 Å². The number of cyclic esters (lactones) is 1. The molecule has 0 aliphatic carbocycles. The predicted molar refractivity (Wildman–Crippen MR) is 99.3 cm³/mol. The molecule has 1 aromatic carbocycles. The number of carbonyl (C=O) groups is 1. The van der Waals surface area contributed by atoms with E-state index in [1.54, 1.807) is 19.3 Å². The van der Waals surface area contributed by atoms with Gasteiger partial charge in [-0.1, -0.05) is 0 Å². The monoisotopic (exact) mass is 382 g/mol. The van der Waals surface area contributed by atoms with Crippen molar-refractivity contribution in [3.8, 4) is 5.75 Å². The number of carbonyl (C=O) groups excluding carboxylic acids is 1. The van der Waals surface area contributed by atoms with Crippen LogP contribution in [0.5, 0.6) is 5.75 Å². The summed E-state index contributed by atoms with van der Waals surface area (Å²) in [5.41, 5.74) is 0.585. The lowest BCUT2D eigenvalue weighted by Gasteiger charge is -2.12. The molecule has 1 saturated heterocycles. The van der Waals surface area contributed by atoms with Crippen molar-refractivity contribution in [2.75, 3.05) is 6.61 Å². The highest BCUT2D eigenvalue weighted by atomic mass is 16.6. The van der Waals surface area contributed by atoms with E-state index in [1.165, 1.54) is 6.07 Å². The van der Waals surface area contributed by atoms with Crippen molar-refractivity contribution in [3.05, 3.63) is 52.6 Å². The summed E-state index contributed by atoms with van der Waals surface area (Å²) in [6, 6.07) is 6.78. The molecule has 2 aliphatic heterocycles. The molecule has 2 aliphatic rings. The molecular weight excluding hydrogens is 364 g/mol. The van der Waals surface area contributed by atoms with Gasteiger partial charge in [0, 0.05) is 28.8 Å². The van der Waals surface area contributed by atoms with E-state index in [0.29, 0.717) is 28.9 Å². The van der Waals surface area contributed by atoms with E-state index in [2.05, 4.69) is 0 Å². The minimum Gasteiger partial charge on any atom is -0.483 e. The summed E-state index contributed by atoms with van der Waals surface area (Å²) < 4.78 is 28.0. The Bertz CT molecular complexity index is 1180. The third-order valence-corrected chi connectivity index (χ3v) is 5.32. The van der Waals surface area contributed by atoms with Gasteiger partial charge in [-0.2, -0.15) is 0 Å². The number of esters is 1. The standard InChI is InChI=1S/C21H18O7/c1-11-7-14(26-20(11)23)9-21(2)15(28-21)10-25-19-17-13(5-6-24-17)8-12-3-4-16(22)27-18(12)19/h3-8,14-15H,9-10H2,1-2H3/t14-,15+,21-/m0/s1. The van der Waals surface area contributed by atoms with E-state index in [0.717, 1.165) is 10.8 Å². The Morgan fingerprint density at radius 2 is 1.96 bits per heavy atom. The molecule has 0 bridgehead atoms. The van der Waals surface area contributed by atoms with Crippen molar-refractivity contribution in [1.82, 2.24) is 0 Å². The fourth-order valence-corrected chi connectivity index (χ4v) is 3.69. The highest BCUT2D eigenvalue weighted by molar-refractivity contribution is 5.99. The van der Waals surface area contributed by atoms with Gasteiger partial charge in [0.1, 0.15) is 18.8 Å². The van der Waals surface area contributed by atoms with Gasteiger partial charge in [0.2, 0.25) is 5.75 Å². The Labute approximate surface area is 159 Å². The molecule has 3 atom stereocenters. The number of furan rings is 1. The zero-order valence-electron chi connectivity index (χ0n) is 15.4. The molecule has 0 amide bonds. The number of fused-ring (bicyclic) bond motifs is 2. The summed E-state index contributed by atoms with van der Waals surface area (Å²) in [4.78, 5) is 23.2. The van der Waals surface area contributed by atoms with Crippen molar-refractivity contribution in [2.45, 2.75) is 38.1 Å². The van der Waals surface area contributed by atoms with Crippen molar-refractivity contribution >= 4 is 27.9 Å². The zero-order chi connectivity index (χ0) is 19.5. The van der Waals surface area contributed by atoms with Crippen molar-refractivity contribution in [1.29, 1.82) is 0 Å². The third kappa shape index (κ3) is 2.79. The summed E-state index contributed by atoms with van der Waals surface area (Å²) in [6.45, 7) is 3.96. The molecular formula is C21H18O7. The second-order valence-corrected chi connectivity index (χ2v) is 7.45. The van der Waals surface area contributed by atoms with Crippen LogP contribution >= 0.6 is 0 Å². The number of hydrogen-bond acceptors (Lipinski definition) is 7. The van der Waals surface area contributed by atoms with Crippen LogP contribution in [0.25, 0.3) is 21.9 Å². The number of epoxide rings is 1. The van der Waals surface area contributed by atoms with Crippen LogP contribution in [0.2, 0.25) is 0 Å². The third-order valence-electron chi connectivity index (χ3n) is 5.32. The number of ether oxygens (including phenoxy) is 3. The van der Waals surface area contributed by atoms with Crippen LogP contribution in [0.3, 0.4) is 0 Å². The number of benzene rings is 1. The highest BCUT2D eigenvalue weighted by Crippen LogP contribution is 2.43. The Morgan fingerprint density at radius 3 is 2.75 bits per heavy atom. The Hall–Kier alpha value is -3.06. The van der Waals surface area contributed by atoms with Crippen LogP contribution in [0.1, 0.15) is 20.3 Å². The first-order valence-corrected chi connectivity index (χ1v) is 9.07. The lowest BCUT2D eigenvalue weighted by molar-refractivity contribution is -0.140. The summed E-state index contributed by atoms with van der Waals surface area (Å²) in [5, 5.41) is 1.61.